The Morgan fingerprint density at radius 3 is 2.75 bits per heavy atom. The fourth-order valence-corrected chi connectivity index (χ4v) is 3.93. The summed E-state index contributed by atoms with van der Waals surface area (Å²) in [5.74, 6) is 0.510. The van der Waals surface area contributed by atoms with Crippen molar-refractivity contribution in [2.75, 3.05) is 7.05 Å². The van der Waals surface area contributed by atoms with E-state index in [0.717, 1.165) is 24.1 Å². The van der Waals surface area contributed by atoms with E-state index >= 15 is 0 Å². The molecule has 2 atom stereocenters. The van der Waals surface area contributed by atoms with E-state index in [-0.39, 0.29) is 5.92 Å². The lowest BCUT2D eigenvalue weighted by Gasteiger charge is -2.35. The Morgan fingerprint density at radius 2 is 2.00 bits per heavy atom. The summed E-state index contributed by atoms with van der Waals surface area (Å²) in [6.07, 6.45) is 10.1. The number of nitrogens with zero attached hydrogens (tertiary/aromatic N) is 3. The maximum absolute atomic E-state index is 12.7. The summed E-state index contributed by atoms with van der Waals surface area (Å²) in [6.45, 7) is 0. The average molecular weight is 269 g/mol. The van der Waals surface area contributed by atoms with E-state index in [9.17, 15) is 4.79 Å². The molecule has 2 aromatic rings. The van der Waals surface area contributed by atoms with E-state index in [2.05, 4.69) is 16.9 Å². The predicted octanol–water partition coefficient (Wildman–Crippen LogP) is 2.39. The second kappa shape index (κ2) is 4.42. The van der Waals surface area contributed by atoms with Crippen LogP contribution in [0, 0.1) is 5.92 Å². The van der Waals surface area contributed by atoms with Gasteiger partial charge in [0.25, 0.3) is 0 Å². The van der Waals surface area contributed by atoms with Gasteiger partial charge in [-0.15, -0.1) is 0 Å². The quantitative estimate of drug-likeness (QED) is 0.786. The lowest BCUT2D eigenvalue weighted by molar-refractivity contribution is 0.0766. The SMILES string of the molecule is CN1C2CCC1CC(C(=O)c1ccc3nccn3c1)C2. The molecule has 0 spiro atoms. The Morgan fingerprint density at radius 1 is 1.25 bits per heavy atom. The molecule has 2 fully saturated rings. The summed E-state index contributed by atoms with van der Waals surface area (Å²) in [4.78, 5) is 19.4. The van der Waals surface area contributed by atoms with Crippen molar-refractivity contribution >= 4 is 11.4 Å². The molecule has 2 aliphatic rings. The third kappa shape index (κ3) is 1.79. The minimum atomic E-state index is 0.199. The molecular formula is C16H19N3O. The fraction of sp³-hybridized carbons (Fsp3) is 0.500. The lowest BCUT2D eigenvalue weighted by atomic mass is 9.85. The van der Waals surface area contributed by atoms with Gasteiger partial charge in [-0.25, -0.2) is 4.98 Å². The monoisotopic (exact) mass is 269 g/mol. The van der Waals surface area contributed by atoms with Crippen LogP contribution in [0.15, 0.2) is 30.7 Å². The number of aromatic nitrogens is 2. The van der Waals surface area contributed by atoms with Crippen LogP contribution >= 0.6 is 0 Å². The maximum Gasteiger partial charge on any atom is 0.167 e. The van der Waals surface area contributed by atoms with Crippen LogP contribution in [0.25, 0.3) is 5.65 Å². The lowest BCUT2D eigenvalue weighted by Crippen LogP contribution is -2.42. The molecule has 4 heterocycles. The number of ketones is 1. The Balaban J connectivity index is 1.60. The smallest absolute Gasteiger partial charge is 0.167 e. The van der Waals surface area contributed by atoms with Gasteiger partial charge in [0, 0.05) is 42.2 Å². The van der Waals surface area contributed by atoms with Gasteiger partial charge < -0.3 is 9.30 Å². The maximum atomic E-state index is 12.7. The van der Waals surface area contributed by atoms with Crippen molar-refractivity contribution in [2.24, 2.45) is 5.92 Å². The largest absolute Gasteiger partial charge is 0.306 e. The van der Waals surface area contributed by atoms with Crippen LogP contribution in [0.2, 0.25) is 0 Å². The summed E-state index contributed by atoms with van der Waals surface area (Å²) in [5, 5.41) is 0. The van der Waals surface area contributed by atoms with Crippen molar-refractivity contribution in [3.8, 4) is 0 Å². The molecular weight excluding hydrogens is 250 g/mol. The Kier molecular flexibility index (Phi) is 2.67. The van der Waals surface area contributed by atoms with Gasteiger partial charge in [0.2, 0.25) is 0 Å². The van der Waals surface area contributed by atoms with Crippen LogP contribution < -0.4 is 0 Å². The molecule has 2 bridgehead atoms. The predicted molar refractivity (Wildman–Crippen MR) is 76.8 cm³/mol. The number of piperidine rings is 1. The number of rotatable bonds is 2. The van der Waals surface area contributed by atoms with Crippen molar-refractivity contribution < 1.29 is 4.79 Å². The van der Waals surface area contributed by atoms with Crippen LogP contribution in [0.4, 0.5) is 0 Å². The normalized spacial score (nSPS) is 29.9. The summed E-state index contributed by atoms with van der Waals surface area (Å²) in [5.41, 5.74) is 1.72. The summed E-state index contributed by atoms with van der Waals surface area (Å²) in [6, 6.07) is 5.07. The van der Waals surface area contributed by atoms with Gasteiger partial charge in [0.15, 0.2) is 5.78 Å². The van der Waals surface area contributed by atoms with Crippen LogP contribution in [-0.2, 0) is 0 Å². The first-order valence-corrected chi connectivity index (χ1v) is 7.41. The summed E-state index contributed by atoms with van der Waals surface area (Å²) < 4.78 is 1.93. The topological polar surface area (TPSA) is 37.6 Å². The molecule has 0 aromatic carbocycles. The molecule has 4 heteroatoms. The molecule has 2 aliphatic heterocycles. The zero-order valence-electron chi connectivity index (χ0n) is 11.7. The molecule has 104 valence electrons. The van der Waals surface area contributed by atoms with Gasteiger partial charge in [0.1, 0.15) is 5.65 Å². The standard InChI is InChI=1S/C16H19N3O/c1-18-13-3-4-14(18)9-12(8-13)16(20)11-2-5-15-17-6-7-19(15)10-11/h2,5-7,10,12-14H,3-4,8-9H2,1H3. The molecule has 2 saturated heterocycles. The molecule has 0 N–H and O–H groups in total. The van der Waals surface area contributed by atoms with Gasteiger partial charge in [-0.2, -0.15) is 0 Å². The third-order valence-corrected chi connectivity index (χ3v) is 5.14. The van der Waals surface area contributed by atoms with Crippen molar-refractivity contribution in [3.63, 3.8) is 0 Å². The number of carbonyl (C=O) groups is 1. The van der Waals surface area contributed by atoms with E-state index in [4.69, 9.17) is 0 Å². The first-order valence-electron chi connectivity index (χ1n) is 7.41. The van der Waals surface area contributed by atoms with E-state index in [1.54, 1.807) is 6.20 Å². The number of fused-ring (bicyclic) bond motifs is 3. The molecule has 20 heavy (non-hydrogen) atoms. The first-order chi connectivity index (χ1) is 9.72. The molecule has 0 saturated carbocycles. The van der Waals surface area contributed by atoms with Gasteiger partial charge >= 0.3 is 0 Å². The van der Waals surface area contributed by atoms with E-state index in [0.29, 0.717) is 17.9 Å². The minimum absolute atomic E-state index is 0.199. The zero-order valence-corrected chi connectivity index (χ0v) is 11.7. The van der Waals surface area contributed by atoms with Crippen LogP contribution in [0.5, 0.6) is 0 Å². The van der Waals surface area contributed by atoms with E-state index in [1.165, 1.54) is 12.8 Å². The Hall–Kier alpha value is -1.68. The number of carbonyl (C=O) groups excluding carboxylic acids is 1. The highest BCUT2D eigenvalue weighted by molar-refractivity contribution is 5.98. The second-order valence-corrected chi connectivity index (χ2v) is 6.19. The van der Waals surface area contributed by atoms with Crippen molar-refractivity contribution in [1.82, 2.24) is 14.3 Å². The molecule has 2 aromatic heterocycles. The molecule has 2 unspecified atom stereocenters. The Labute approximate surface area is 118 Å². The van der Waals surface area contributed by atoms with Gasteiger partial charge in [-0.05, 0) is 44.9 Å². The number of Topliss-reactive ketones (excluding diaryl/α,β-unsaturated/α-hetero) is 1. The van der Waals surface area contributed by atoms with Gasteiger partial charge in [0.05, 0.1) is 0 Å². The number of imidazole rings is 1. The van der Waals surface area contributed by atoms with Crippen LogP contribution in [0.1, 0.15) is 36.0 Å². The molecule has 0 aliphatic carbocycles. The van der Waals surface area contributed by atoms with Crippen molar-refractivity contribution in [1.29, 1.82) is 0 Å². The summed E-state index contributed by atoms with van der Waals surface area (Å²) >= 11 is 0. The molecule has 4 nitrogen and oxygen atoms in total. The van der Waals surface area contributed by atoms with E-state index in [1.807, 2.05) is 28.9 Å². The van der Waals surface area contributed by atoms with Gasteiger partial charge in [-0.3, -0.25) is 4.79 Å². The highest BCUT2D eigenvalue weighted by Crippen LogP contribution is 2.38. The fourth-order valence-electron chi connectivity index (χ4n) is 3.93. The number of hydrogen-bond donors (Lipinski definition) is 0. The number of hydrogen-bond acceptors (Lipinski definition) is 3. The zero-order chi connectivity index (χ0) is 13.7. The van der Waals surface area contributed by atoms with Gasteiger partial charge in [-0.1, -0.05) is 0 Å². The Bertz CT molecular complexity index is 649. The van der Waals surface area contributed by atoms with Crippen LogP contribution in [-0.4, -0.2) is 39.2 Å². The van der Waals surface area contributed by atoms with Crippen LogP contribution in [0.3, 0.4) is 0 Å². The molecule has 0 radical (unpaired) electrons. The molecule has 4 rings (SSSR count). The van der Waals surface area contributed by atoms with E-state index < -0.39 is 0 Å². The first kappa shape index (κ1) is 12.1. The third-order valence-electron chi connectivity index (χ3n) is 5.14. The average Bonchev–Trinajstić information content (AvgIpc) is 2.98. The molecule has 0 amide bonds. The van der Waals surface area contributed by atoms with Crippen molar-refractivity contribution in [3.05, 3.63) is 36.3 Å². The summed E-state index contributed by atoms with van der Waals surface area (Å²) in [7, 11) is 2.21. The van der Waals surface area contributed by atoms with Crippen molar-refractivity contribution in [2.45, 2.75) is 37.8 Å². The second-order valence-electron chi connectivity index (χ2n) is 6.19. The highest BCUT2D eigenvalue weighted by Gasteiger charge is 2.40. The number of pyridine rings is 1. The minimum Gasteiger partial charge on any atom is -0.306 e. The highest BCUT2D eigenvalue weighted by atomic mass is 16.1.